The first-order valence-electron chi connectivity index (χ1n) is 11.8. The van der Waals surface area contributed by atoms with Gasteiger partial charge in [0.2, 0.25) is 0 Å². The number of benzene rings is 1. The zero-order chi connectivity index (χ0) is 21.4. The predicted molar refractivity (Wildman–Crippen MR) is 122 cm³/mol. The highest BCUT2D eigenvalue weighted by Crippen LogP contribution is 2.45. The number of allylic oxidation sites excluding steroid dienone is 2. The molecule has 0 saturated carbocycles. The zero-order valence-corrected chi connectivity index (χ0v) is 18.6. The Bertz CT molecular complexity index is 1020. The minimum absolute atomic E-state index is 0.137. The van der Waals surface area contributed by atoms with Gasteiger partial charge in [0, 0.05) is 11.8 Å². The van der Waals surface area contributed by atoms with Crippen LogP contribution in [0.2, 0.25) is 0 Å². The number of aromatic nitrogens is 2. The molecule has 2 heterocycles. The lowest BCUT2D eigenvalue weighted by Crippen LogP contribution is -2.23. The van der Waals surface area contributed by atoms with Crippen LogP contribution in [0, 0.1) is 11.8 Å². The SMILES string of the molecule is CC(C)Cc1cc(=O)nc2n1C[C@@H](COc1ccc(C3=C4CCCC3CCC4)cc1)O2. The monoisotopic (exact) mass is 420 g/mol. The van der Waals surface area contributed by atoms with Crippen LogP contribution in [0.5, 0.6) is 11.8 Å². The molecular formula is C26H32N2O3. The third kappa shape index (κ3) is 4.28. The van der Waals surface area contributed by atoms with Gasteiger partial charge in [0.05, 0.1) is 6.54 Å². The molecule has 5 heteroatoms. The molecular weight excluding hydrogens is 388 g/mol. The Labute approximate surface area is 184 Å². The van der Waals surface area contributed by atoms with Crippen LogP contribution in [0.15, 0.2) is 40.7 Å². The minimum atomic E-state index is -0.234. The predicted octanol–water partition coefficient (Wildman–Crippen LogP) is 5.02. The molecule has 5 nitrogen and oxygen atoms in total. The maximum absolute atomic E-state index is 11.9. The van der Waals surface area contributed by atoms with Crippen LogP contribution in [0.4, 0.5) is 0 Å². The van der Waals surface area contributed by atoms with E-state index in [9.17, 15) is 4.79 Å². The van der Waals surface area contributed by atoms with Gasteiger partial charge in [0.15, 0.2) is 6.10 Å². The Hall–Kier alpha value is -2.56. The molecule has 164 valence electrons. The summed E-state index contributed by atoms with van der Waals surface area (Å²) in [5, 5.41) is 0. The van der Waals surface area contributed by atoms with E-state index < -0.39 is 0 Å². The molecule has 2 aliphatic carbocycles. The van der Waals surface area contributed by atoms with Crippen LogP contribution in [0.1, 0.15) is 63.6 Å². The van der Waals surface area contributed by atoms with Crippen molar-refractivity contribution in [3.8, 4) is 11.8 Å². The van der Waals surface area contributed by atoms with Gasteiger partial charge in [-0.2, -0.15) is 4.98 Å². The molecule has 1 aliphatic heterocycles. The summed E-state index contributed by atoms with van der Waals surface area (Å²) >= 11 is 0. The number of hydrogen-bond acceptors (Lipinski definition) is 4. The molecule has 5 rings (SSSR count). The van der Waals surface area contributed by atoms with E-state index in [1.165, 1.54) is 44.1 Å². The van der Waals surface area contributed by atoms with E-state index in [4.69, 9.17) is 9.47 Å². The standard InChI is InChI=1S/C26H32N2O3/c1-17(2)13-21-14-24(29)27-26-28(21)15-23(31-26)16-30-22-11-9-20(10-12-22)25-18-5-3-6-19(25)8-4-7-18/h9-12,14,17-18,23H,3-8,13,15-16H2,1-2H3/t23-/m0/s1. The fourth-order valence-corrected chi connectivity index (χ4v) is 5.48. The van der Waals surface area contributed by atoms with Crippen molar-refractivity contribution < 1.29 is 9.47 Å². The Morgan fingerprint density at radius 2 is 1.90 bits per heavy atom. The number of ether oxygens (including phenoxy) is 2. The van der Waals surface area contributed by atoms with Crippen molar-refractivity contribution in [2.24, 2.45) is 11.8 Å². The van der Waals surface area contributed by atoms with Gasteiger partial charge in [-0.1, -0.05) is 31.6 Å². The van der Waals surface area contributed by atoms with E-state index in [2.05, 4.69) is 43.1 Å². The highest BCUT2D eigenvalue weighted by molar-refractivity contribution is 5.72. The third-order valence-electron chi connectivity index (χ3n) is 6.80. The molecule has 0 fully saturated rings. The van der Waals surface area contributed by atoms with Crippen LogP contribution in [-0.2, 0) is 13.0 Å². The van der Waals surface area contributed by atoms with Gasteiger partial charge in [-0.3, -0.25) is 9.36 Å². The minimum Gasteiger partial charge on any atom is -0.490 e. The van der Waals surface area contributed by atoms with Crippen LogP contribution < -0.4 is 15.0 Å². The first-order valence-corrected chi connectivity index (χ1v) is 11.8. The molecule has 0 amide bonds. The van der Waals surface area contributed by atoms with Crippen molar-refractivity contribution >= 4 is 5.57 Å². The van der Waals surface area contributed by atoms with Crippen molar-refractivity contribution in [2.45, 2.75) is 71.4 Å². The van der Waals surface area contributed by atoms with Gasteiger partial charge in [0.1, 0.15) is 12.4 Å². The van der Waals surface area contributed by atoms with Crippen molar-refractivity contribution in [3.63, 3.8) is 0 Å². The molecule has 0 unspecified atom stereocenters. The van der Waals surface area contributed by atoms with Crippen LogP contribution in [-0.4, -0.2) is 22.3 Å². The second-order valence-electron chi connectivity index (χ2n) is 9.65. The quantitative estimate of drug-likeness (QED) is 0.658. The van der Waals surface area contributed by atoms with E-state index in [0.717, 1.165) is 23.8 Å². The maximum atomic E-state index is 11.9. The molecule has 1 atom stereocenters. The van der Waals surface area contributed by atoms with E-state index in [-0.39, 0.29) is 11.7 Å². The van der Waals surface area contributed by atoms with Gasteiger partial charge in [-0.25, -0.2) is 0 Å². The van der Waals surface area contributed by atoms with Crippen molar-refractivity contribution in [3.05, 3.63) is 57.5 Å². The lowest BCUT2D eigenvalue weighted by molar-refractivity contribution is 0.143. The molecule has 0 spiro atoms. The highest BCUT2D eigenvalue weighted by atomic mass is 16.6. The summed E-state index contributed by atoms with van der Waals surface area (Å²) in [6.07, 6.45) is 8.64. The maximum Gasteiger partial charge on any atom is 0.300 e. The number of fused-ring (bicyclic) bond motifs is 2. The third-order valence-corrected chi connectivity index (χ3v) is 6.80. The van der Waals surface area contributed by atoms with E-state index in [1.54, 1.807) is 17.2 Å². The largest absolute Gasteiger partial charge is 0.490 e. The van der Waals surface area contributed by atoms with Crippen molar-refractivity contribution in [1.82, 2.24) is 9.55 Å². The summed E-state index contributed by atoms with van der Waals surface area (Å²) < 4.78 is 14.0. The Balaban J connectivity index is 1.24. The fraction of sp³-hybridized carbons (Fsp3) is 0.538. The molecule has 1 aromatic heterocycles. The van der Waals surface area contributed by atoms with Gasteiger partial charge in [-0.15, -0.1) is 0 Å². The van der Waals surface area contributed by atoms with E-state index in [1.807, 2.05) is 4.57 Å². The average Bonchev–Trinajstić information content (AvgIpc) is 3.15. The zero-order valence-electron chi connectivity index (χ0n) is 18.6. The summed E-state index contributed by atoms with van der Waals surface area (Å²) in [5.74, 6) is 2.08. The van der Waals surface area contributed by atoms with Gasteiger partial charge in [-0.05, 0) is 80.1 Å². The smallest absolute Gasteiger partial charge is 0.300 e. The van der Waals surface area contributed by atoms with Crippen LogP contribution in [0.3, 0.4) is 0 Å². The van der Waals surface area contributed by atoms with E-state index >= 15 is 0 Å². The second-order valence-corrected chi connectivity index (χ2v) is 9.65. The molecule has 3 aliphatic rings. The first-order chi connectivity index (χ1) is 15.1. The number of hydrogen-bond donors (Lipinski definition) is 0. The first kappa shape index (κ1) is 20.3. The summed E-state index contributed by atoms with van der Waals surface area (Å²) in [6, 6.07) is 10.7. The Morgan fingerprint density at radius 1 is 1.16 bits per heavy atom. The van der Waals surface area contributed by atoms with Crippen LogP contribution >= 0.6 is 0 Å². The molecule has 2 aromatic rings. The molecule has 0 radical (unpaired) electrons. The average molecular weight is 421 g/mol. The topological polar surface area (TPSA) is 53.4 Å². The normalized spacial score (nSPS) is 20.7. The highest BCUT2D eigenvalue weighted by Gasteiger charge is 2.28. The molecule has 0 N–H and O–H groups in total. The second kappa shape index (κ2) is 8.52. The number of nitrogens with zero attached hydrogens (tertiary/aromatic N) is 2. The molecule has 2 bridgehead atoms. The lowest BCUT2D eigenvalue weighted by Gasteiger charge is -2.33. The summed E-state index contributed by atoms with van der Waals surface area (Å²) in [5.41, 5.74) is 5.43. The van der Waals surface area contributed by atoms with Gasteiger partial charge >= 0.3 is 0 Å². The number of rotatable bonds is 6. The van der Waals surface area contributed by atoms with Crippen molar-refractivity contribution in [1.29, 1.82) is 0 Å². The fourth-order valence-electron chi connectivity index (χ4n) is 5.48. The van der Waals surface area contributed by atoms with Crippen LogP contribution in [0.25, 0.3) is 5.57 Å². The lowest BCUT2D eigenvalue weighted by atomic mass is 9.72. The summed E-state index contributed by atoms with van der Waals surface area (Å²) in [4.78, 5) is 16.0. The Morgan fingerprint density at radius 3 is 2.58 bits per heavy atom. The Kier molecular flexibility index (Phi) is 5.59. The molecule has 1 aromatic carbocycles. The summed E-state index contributed by atoms with van der Waals surface area (Å²) in [7, 11) is 0. The van der Waals surface area contributed by atoms with Gasteiger partial charge in [0.25, 0.3) is 11.6 Å². The molecule has 31 heavy (non-hydrogen) atoms. The van der Waals surface area contributed by atoms with E-state index in [0.29, 0.717) is 25.1 Å². The van der Waals surface area contributed by atoms with Gasteiger partial charge < -0.3 is 9.47 Å². The van der Waals surface area contributed by atoms with Crippen molar-refractivity contribution in [2.75, 3.05) is 6.61 Å². The molecule has 0 saturated heterocycles. The summed E-state index contributed by atoms with van der Waals surface area (Å²) in [6.45, 7) is 5.40.